The predicted octanol–water partition coefficient (Wildman–Crippen LogP) is 6.27. The lowest BCUT2D eigenvalue weighted by Crippen LogP contribution is -2.47. The van der Waals surface area contributed by atoms with Crippen molar-refractivity contribution in [3.63, 3.8) is 0 Å². The highest BCUT2D eigenvalue weighted by molar-refractivity contribution is 6.74. The Bertz CT molecular complexity index is 544. The van der Waals surface area contributed by atoms with Crippen LogP contribution in [0.1, 0.15) is 67.7 Å². The van der Waals surface area contributed by atoms with E-state index < -0.39 is 22.2 Å². The fourth-order valence-corrected chi connectivity index (χ4v) is 5.44. The van der Waals surface area contributed by atoms with Gasteiger partial charge >= 0.3 is 0 Å². The zero-order valence-corrected chi connectivity index (χ0v) is 23.0. The molecule has 0 bridgehead atoms. The van der Waals surface area contributed by atoms with Crippen molar-refractivity contribution in [2.24, 2.45) is 0 Å². The van der Waals surface area contributed by atoms with Crippen LogP contribution in [-0.4, -0.2) is 52.3 Å². The van der Waals surface area contributed by atoms with Crippen LogP contribution in [0.15, 0.2) is 12.7 Å². The largest absolute Gasteiger partial charge is 0.417 e. The average molecular weight is 445 g/mol. The van der Waals surface area contributed by atoms with E-state index in [1.165, 1.54) is 0 Å². The van der Waals surface area contributed by atoms with Gasteiger partial charge in [0.1, 0.15) is 6.10 Å². The van der Waals surface area contributed by atoms with E-state index in [2.05, 4.69) is 74.3 Å². The average Bonchev–Trinajstić information content (AvgIpc) is 3.20. The molecule has 1 fully saturated rings. The molecule has 0 aliphatic carbocycles. The minimum absolute atomic E-state index is 0.0170. The summed E-state index contributed by atoms with van der Waals surface area (Å²) in [5.74, 6) is 0. The van der Waals surface area contributed by atoms with Crippen LogP contribution in [0.25, 0.3) is 0 Å². The zero-order valence-electron chi connectivity index (χ0n) is 21.0. The summed E-state index contributed by atoms with van der Waals surface area (Å²) >= 11 is 0. The molecule has 0 aromatic carbocycles. The molecule has 1 aliphatic heterocycles. The van der Waals surface area contributed by atoms with E-state index in [-0.39, 0.29) is 28.4 Å². The fraction of sp³-hybridized carbons (Fsp3) is 0.913. The van der Waals surface area contributed by atoms with Gasteiger partial charge in [-0.15, -0.1) is 6.58 Å². The second-order valence-electron chi connectivity index (χ2n) is 12.2. The summed E-state index contributed by atoms with van der Waals surface area (Å²) in [5, 5.41) is 11.4. The highest BCUT2D eigenvalue weighted by atomic mass is 28.4. The predicted molar refractivity (Wildman–Crippen MR) is 129 cm³/mol. The molecule has 0 spiro atoms. The van der Waals surface area contributed by atoms with Crippen LogP contribution in [0.5, 0.6) is 0 Å². The molecular formula is C23H48O4Si2. The molecule has 1 aliphatic rings. The van der Waals surface area contributed by atoms with Crippen LogP contribution < -0.4 is 0 Å². The van der Waals surface area contributed by atoms with Gasteiger partial charge in [0.05, 0.1) is 11.7 Å². The van der Waals surface area contributed by atoms with Gasteiger partial charge in [-0.2, -0.15) is 0 Å². The van der Waals surface area contributed by atoms with Gasteiger partial charge in [-0.25, -0.2) is 0 Å². The lowest BCUT2D eigenvalue weighted by atomic mass is 9.91. The molecular weight excluding hydrogens is 396 g/mol. The normalized spacial score (nSPS) is 24.1. The van der Waals surface area contributed by atoms with Gasteiger partial charge in [0.25, 0.3) is 0 Å². The van der Waals surface area contributed by atoms with Crippen molar-refractivity contribution < 1.29 is 18.7 Å². The third-order valence-corrected chi connectivity index (χ3v) is 16.2. The standard InChI is InChI=1S/C23H48O4Si2/c1-13-19-20(26-19)17-23(8,24)16-18(27-29(11,12)22(5,6)7)14-15-25-28(9,10)21(2,3)4/h13,18-20,24H,1,14-17H2,2-12H3/t18-,19+,20+,23+/m1/s1. The van der Waals surface area contributed by atoms with Crippen LogP contribution in [0.4, 0.5) is 0 Å². The minimum atomic E-state index is -1.95. The van der Waals surface area contributed by atoms with E-state index >= 15 is 0 Å². The van der Waals surface area contributed by atoms with E-state index in [9.17, 15) is 5.11 Å². The SMILES string of the molecule is C=C[C@@H]1O[C@H]1C[C@@](C)(O)C[C@@H](CCO[Si](C)(C)C(C)(C)C)O[Si](C)(C)C(C)(C)C. The van der Waals surface area contributed by atoms with E-state index in [1.807, 2.05) is 13.0 Å². The molecule has 29 heavy (non-hydrogen) atoms. The van der Waals surface area contributed by atoms with E-state index in [4.69, 9.17) is 13.6 Å². The molecule has 0 saturated carbocycles. The number of epoxide rings is 1. The summed E-state index contributed by atoms with van der Waals surface area (Å²) in [4.78, 5) is 0. The highest BCUT2D eigenvalue weighted by Gasteiger charge is 2.44. The van der Waals surface area contributed by atoms with Crippen LogP contribution in [0.3, 0.4) is 0 Å². The molecule has 4 atom stereocenters. The molecule has 0 radical (unpaired) electrons. The monoisotopic (exact) mass is 444 g/mol. The van der Waals surface area contributed by atoms with Gasteiger partial charge < -0.3 is 18.7 Å². The van der Waals surface area contributed by atoms with Crippen molar-refractivity contribution in [3.8, 4) is 0 Å². The zero-order chi connectivity index (χ0) is 22.9. The number of ether oxygens (including phenoxy) is 1. The summed E-state index contributed by atoms with van der Waals surface area (Å²) < 4.78 is 18.7. The maximum atomic E-state index is 11.1. The number of hydrogen-bond acceptors (Lipinski definition) is 4. The number of aliphatic hydroxyl groups is 1. The first-order valence-electron chi connectivity index (χ1n) is 11.1. The third-order valence-electron chi connectivity index (χ3n) is 7.14. The Balaban J connectivity index is 2.82. The lowest BCUT2D eigenvalue weighted by Gasteiger charge is -2.41. The lowest BCUT2D eigenvalue weighted by molar-refractivity contribution is -0.00894. The Kier molecular flexibility index (Phi) is 8.63. The molecule has 0 aromatic heterocycles. The molecule has 0 unspecified atom stereocenters. The summed E-state index contributed by atoms with van der Waals surface area (Å²) in [6.45, 7) is 29.1. The molecule has 6 heteroatoms. The summed E-state index contributed by atoms with van der Waals surface area (Å²) in [6.07, 6.45) is 4.00. The van der Waals surface area contributed by atoms with Crippen LogP contribution in [0, 0.1) is 0 Å². The van der Waals surface area contributed by atoms with Crippen molar-refractivity contribution in [1.82, 2.24) is 0 Å². The maximum Gasteiger partial charge on any atom is 0.192 e. The summed E-state index contributed by atoms with van der Waals surface area (Å²) in [7, 11) is -3.74. The Hall–Kier alpha value is 0.0138. The molecule has 1 rings (SSSR count). The van der Waals surface area contributed by atoms with Crippen LogP contribution >= 0.6 is 0 Å². The Labute approximate surface area is 182 Å². The Morgan fingerprint density at radius 3 is 1.93 bits per heavy atom. The first kappa shape index (κ1) is 27.0. The third kappa shape index (κ3) is 8.22. The number of rotatable bonds is 11. The van der Waals surface area contributed by atoms with Crippen molar-refractivity contribution in [1.29, 1.82) is 0 Å². The quantitative estimate of drug-likeness (QED) is 0.232. The smallest absolute Gasteiger partial charge is 0.192 e. The molecule has 172 valence electrons. The van der Waals surface area contributed by atoms with Gasteiger partial charge in [0, 0.05) is 25.6 Å². The summed E-state index contributed by atoms with van der Waals surface area (Å²) in [5.41, 5.74) is -0.827. The molecule has 1 N–H and O–H groups in total. The highest BCUT2D eigenvalue weighted by Crippen LogP contribution is 2.40. The first-order chi connectivity index (χ1) is 12.8. The second-order valence-corrected chi connectivity index (χ2v) is 21.7. The van der Waals surface area contributed by atoms with Gasteiger partial charge in [-0.05, 0) is 49.6 Å². The molecule has 1 saturated heterocycles. The van der Waals surface area contributed by atoms with Gasteiger partial charge in [0.15, 0.2) is 16.6 Å². The number of hydrogen-bond donors (Lipinski definition) is 1. The van der Waals surface area contributed by atoms with Gasteiger partial charge in [-0.1, -0.05) is 47.6 Å². The first-order valence-corrected chi connectivity index (χ1v) is 17.0. The molecule has 0 amide bonds. The summed E-state index contributed by atoms with van der Waals surface area (Å²) in [6, 6.07) is 0. The van der Waals surface area contributed by atoms with E-state index in [1.54, 1.807) is 0 Å². The van der Waals surface area contributed by atoms with Crippen LogP contribution in [0.2, 0.25) is 36.3 Å². The minimum Gasteiger partial charge on any atom is -0.417 e. The second kappa shape index (κ2) is 9.25. The van der Waals surface area contributed by atoms with E-state index in [0.29, 0.717) is 19.4 Å². The molecule has 0 aromatic rings. The van der Waals surface area contributed by atoms with Gasteiger partial charge in [-0.3, -0.25) is 0 Å². The van der Waals surface area contributed by atoms with Crippen molar-refractivity contribution in [2.75, 3.05) is 6.61 Å². The van der Waals surface area contributed by atoms with Crippen molar-refractivity contribution in [2.45, 2.75) is 128 Å². The maximum absolute atomic E-state index is 11.1. The van der Waals surface area contributed by atoms with Crippen LogP contribution in [-0.2, 0) is 13.6 Å². The van der Waals surface area contributed by atoms with Crippen molar-refractivity contribution in [3.05, 3.63) is 12.7 Å². The fourth-order valence-electron chi connectivity index (χ4n) is 2.99. The molecule has 4 nitrogen and oxygen atoms in total. The van der Waals surface area contributed by atoms with Crippen molar-refractivity contribution >= 4 is 16.6 Å². The topological polar surface area (TPSA) is 51.2 Å². The Morgan fingerprint density at radius 2 is 1.52 bits per heavy atom. The van der Waals surface area contributed by atoms with Gasteiger partial charge in [0.2, 0.25) is 0 Å². The Morgan fingerprint density at radius 1 is 1.00 bits per heavy atom. The molecule has 1 heterocycles. The van der Waals surface area contributed by atoms with E-state index in [0.717, 1.165) is 6.42 Å².